The SMILES string of the molecule is CC(C)(C)C(=O)Nc1nc(CC(=O)N[C@H](Cc2ccccc2)C(=O)O)cs1. The molecule has 0 saturated carbocycles. The minimum atomic E-state index is -1.09. The predicted octanol–water partition coefficient (Wildman–Crippen LogP) is 2.48. The van der Waals surface area contributed by atoms with Crippen molar-refractivity contribution in [2.45, 2.75) is 39.7 Å². The molecule has 0 spiro atoms. The number of carbonyl (C=O) groups excluding carboxylic acids is 2. The number of anilines is 1. The lowest BCUT2D eigenvalue weighted by Gasteiger charge is -2.16. The van der Waals surface area contributed by atoms with E-state index in [-0.39, 0.29) is 18.7 Å². The minimum Gasteiger partial charge on any atom is -0.480 e. The van der Waals surface area contributed by atoms with E-state index in [2.05, 4.69) is 15.6 Å². The van der Waals surface area contributed by atoms with E-state index in [4.69, 9.17) is 0 Å². The molecule has 1 aromatic carbocycles. The second kappa shape index (κ2) is 8.77. The van der Waals surface area contributed by atoms with Crippen LogP contribution in [0, 0.1) is 5.41 Å². The quantitative estimate of drug-likeness (QED) is 0.674. The van der Waals surface area contributed by atoms with Crippen LogP contribution in [0.4, 0.5) is 5.13 Å². The number of carboxylic acids is 1. The Balaban J connectivity index is 1.94. The van der Waals surface area contributed by atoms with Gasteiger partial charge >= 0.3 is 5.97 Å². The smallest absolute Gasteiger partial charge is 0.326 e. The van der Waals surface area contributed by atoms with Gasteiger partial charge in [0, 0.05) is 17.2 Å². The molecule has 1 heterocycles. The van der Waals surface area contributed by atoms with Crippen LogP contribution in [0.25, 0.3) is 0 Å². The zero-order chi connectivity index (χ0) is 20.0. The Morgan fingerprint density at radius 1 is 1.19 bits per heavy atom. The molecule has 7 nitrogen and oxygen atoms in total. The number of amides is 2. The first-order chi connectivity index (χ1) is 12.6. The summed E-state index contributed by atoms with van der Waals surface area (Å²) >= 11 is 1.22. The Kier molecular flexibility index (Phi) is 6.68. The zero-order valence-electron chi connectivity index (χ0n) is 15.5. The summed E-state index contributed by atoms with van der Waals surface area (Å²) in [6, 6.07) is 8.09. The Morgan fingerprint density at radius 2 is 1.85 bits per heavy atom. The number of hydrogen-bond acceptors (Lipinski definition) is 5. The van der Waals surface area contributed by atoms with Crippen LogP contribution in [0.2, 0.25) is 0 Å². The predicted molar refractivity (Wildman–Crippen MR) is 104 cm³/mol. The fourth-order valence-corrected chi connectivity index (χ4v) is 2.90. The lowest BCUT2D eigenvalue weighted by Crippen LogP contribution is -2.43. The number of nitrogens with zero attached hydrogens (tertiary/aromatic N) is 1. The topological polar surface area (TPSA) is 108 Å². The molecule has 2 aromatic rings. The number of carbonyl (C=O) groups is 3. The molecule has 1 aromatic heterocycles. The van der Waals surface area contributed by atoms with Crippen LogP contribution in [-0.2, 0) is 27.2 Å². The summed E-state index contributed by atoms with van der Waals surface area (Å²) in [7, 11) is 0. The van der Waals surface area contributed by atoms with Crippen molar-refractivity contribution >= 4 is 34.3 Å². The summed E-state index contributed by atoms with van der Waals surface area (Å²) in [5, 5.41) is 16.7. The van der Waals surface area contributed by atoms with E-state index in [9.17, 15) is 19.5 Å². The van der Waals surface area contributed by atoms with Gasteiger partial charge < -0.3 is 15.7 Å². The molecule has 2 amide bonds. The third-order valence-electron chi connectivity index (χ3n) is 3.71. The van der Waals surface area contributed by atoms with E-state index in [1.54, 1.807) is 26.2 Å². The Bertz CT molecular complexity index is 812. The van der Waals surface area contributed by atoms with Gasteiger partial charge in [0.05, 0.1) is 12.1 Å². The van der Waals surface area contributed by atoms with E-state index >= 15 is 0 Å². The van der Waals surface area contributed by atoms with Gasteiger partial charge in [0.1, 0.15) is 6.04 Å². The van der Waals surface area contributed by atoms with Gasteiger partial charge in [0.25, 0.3) is 0 Å². The second-order valence-electron chi connectivity index (χ2n) is 7.17. The van der Waals surface area contributed by atoms with E-state index in [1.807, 2.05) is 30.3 Å². The monoisotopic (exact) mass is 389 g/mol. The zero-order valence-corrected chi connectivity index (χ0v) is 16.3. The molecular formula is C19H23N3O4S. The lowest BCUT2D eigenvalue weighted by atomic mass is 9.96. The average Bonchev–Trinajstić information content (AvgIpc) is 3.01. The van der Waals surface area contributed by atoms with Crippen molar-refractivity contribution < 1.29 is 19.5 Å². The van der Waals surface area contributed by atoms with E-state index in [1.165, 1.54) is 11.3 Å². The van der Waals surface area contributed by atoms with Crippen LogP contribution in [0.3, 0.4) is 0 Å². The highest BCUT2D eigenvalue weighted by Crippen LogP contribution is 2.20. The van der Waals surface area contributed by atoms with Gasteiger partial charge in [-0.25, -0.2) is 9.78 Å². The number of carboxylic acid groups (broad SMARTS) is 1. The molecule has 0 unspecified atom stereocenters. The van der Waals surface area contributed by atoms with Gasteiger partial charge in [-0.05, 0) is 5.56 Å². The summed E-state index contributed by atoms with van der Waals surface area (Å²) in [5.41, 5.74) is 0.756. The Hall–Kier alpha value is -2.74. The van der Waals surface area contributed by atoms with E-state index < -0.39 is 23.3 Å². The van der Waals surface area contributed by atoms with Gasteiger partial charge in [0.15, 0.2) is 5.13 Å². The van der Waals surface area contributed by atoms with Crippen molar-refractivity contribution in [3.63, 3.8) is 0 Å². The van der Waals surface area contributed by atoms with Crippen molar-refractivity contribution in [3.05, 3.63) is 47.0 Å². The van der Waals surface area contributed by atoms with Gasteiger partial charge in [-0.1, -0.05) is 51.1 Å². The maximum absolute atomic E-state index is 12.2. The molecule has 1 atom stereocenters. The molecule has 27 heavy (non-hydrogen) atoms. The van der Waals surface area contributed by atoms with Crippen LogP contribution in [0.1, 0.15) is 32.0 Å². The summed E-state index contributed by atoms with van der Waals surface area (Å²) in [5.74, 6) is -1.69. The molecule has 8 heteroatoms. The molecule has 0 aliphatic rings. The fraction of sp³-hybridized carbons (Fsp3) is 0.368. The second-order valence-corrected chi connectivity index (χ2v) is 8.03. The number of nitrogens with one attached hydrogen (secondary N) is 2. The van der Waals surface area contributed by atoms with Crippen molar-refractivity contribution in [2.75, 3.05) is 5.32 Å². The molecule has 3 N–H and O–H groups in total. The van der Waals surface area contributed by atoms with Crippen molar-refractivity contribution in [3.8, 4) is 0 Å². The standard InChI is InChI=1S/C19H23N3O4S/c1-19(2,3)17(26)22-18-20-13(11-27-18)10-15(23)21-14(16(24)25)9-12-7-5-4-6-8-12/h4-8,11,14H,9-10H2,1-3H3,(H,21,23)(H,24,25)(H,20,22,26)/t14-/m1/s1. The number of aromatic nitrogens is 1. The molecule has 0 aliphatic heterocycles. The number of benzene rings is 1. The number of hydrogen-bond donors (Lipinski definition) is 3. The summed E-state index contributed by atoms with van der Waals surface area (Å²) in [6.07, 6.45) is 0.145. The van der Waals surface area contributed by atoms with Gasteiger partial charge in [-0.15, -0.1) is 11.3 Å². The Labute approximate surface area is 161 Å². The van der Waals surface area contributed by atoms with Gasteiger partial charge in [0.2, 0.25) is 11.8 Å². The van der Waals surface area contributed by atoms with Crippen molar-refractivity contribution in [1.82, 2.24) is 10.3 Å². The highest BCUT2D eigenvalue weighted by atomic mass is 32.1. The first-order valence-electron chi connectivity index (χ1n) is 8.47. The van der Waals surface area contributed by atoms with E-state index in [0.717, 1.165) is 5.56 Å². The average molecular weight is 389 g/mol. The largest absolute Gasteiger partial charge is 0.480 e. The normalized spacial score (nSPS) is 12.3. The maximum atomic E-state index is 12.2. The molecule has 0 fully saturated rings. The first kappa shape index (κ1) is 20.6. The van der Waals surface area contributed by atoms with Crippen LogP contribution >= 0.6 is 11.3 Å². The highest BCUT2D eigenvalue weighted by Gasteiger charge is 2.23. The molecule has 0 bridgehead atoms. The van der Waals surface area contributed by atoms with Crippen LogP contribution < -0.4 is 10.6 Å². The number of aliphatic carboxylic acids is 1. The lowest BCUT2D eigenvalue weighted by molar-refractivity contribution is -0.141. The third kappa shape index (κ3) is 6.49. The number of thiazole rings is 1. The van der Waals surface area contributed by atoms with Crippen LogP contribution in [-0.4, -0.2) is 33.9 Å². The molecule has 0 radical (unpaired) electrons. The highest BCUT2D eigenvalue weighted by molar-refractivity contribution is 7.13. The molecule has 144 valence electrons. The molecule has 0 aliphatic carbocycles. The van der Waals surface area contributed by atoms with Crippen LogP contribution in [0.15, 0.2) is 35.7 Å². The number of rotatable bonds is 7. The van der Waals surface area contributed by atoms with Crippen LogP contribution in [0.5, 0.6) is 0 Å². The van der Waals surface area contributed by atoms with Crippen molar-refractivity contribution in [2.24, 2.45) is 5.41 Å². The van der Waals surface area contributed by atoms with Gasteiger partial charge in [-0.3, -0.25) is 9.59 Å². The summed E-state index contributed by atoms with van der Waals surface area (Å²) in [4.78, 5) is 39.8. The van der Waals surface area contributed by atoms with Crippen molar-refractivity contribution in [1.29, 1.82) is 0 Å². The Morgan fingerprint density at radius 3 is 2.44 bits per heavy atom. The minimum absolute atomic E-state index is 0.0551. The first-order valence-corrected chi connectivity index (χ1v) is 9.35. The summed E-state index contributed by atoms with van der Waals surface area (Å²) in [6.45, 7) is 5.38. The van der Waals surface area contributed by atoms with E-state index in [0.29, 0.717) is 10.8 Å². The summed E-state index contributed by atoms with van der Waals surface area (Å²) < 4.78 is 0. The molecule has 0 saturated heterocycles. The fourth-order valence-electron chi connectivity index (χ4n) is 2.19. The molecule has 2 rings (SSSR count). The maximum Gasteiger partial charge on any atom is 0.326 e. The molecular weight excluding hydrogens is 366 g/mol. The third-order valence-corrected chi connectivity index (χ3v) is 4.52. The van der Waals surface area contributed by atoms with Gasteiger partial charge in [-0.2, -0.15) is 0 Å².